The smallest absolute Gasteiger partial charge is 0.341 e. The van der Waals surface area contributed by atoms with Gasteiger partial charge in [0.1, 0.15) is 10.8 Å². The first-order valence-electron chi connectivity index (χ1n) is 9.75. The van der Waals surface area contributed by atoms with Crippen LogP contribution in [0.3, 0.4) is 0 Å². The fourth-order valence-electron chi connectivity index (χ4n) is 3.57. The average molecular weight is 452 g/mol. The molecule has 3 rings (SSSR count). The lowest BCUT2D eigenvalue weighted by Crippen LogP contribution is -2.17. The second kappa shape index (κ2) is 9.61. The van der Waals surface area contributed by atoms with Gasteiger partial charge in [0.25, 0.3) is 5.91 Å². The summed E-state index contributed by atoms with van der Waals surface area (Å²) in [6.45, 7) is 3.47. The number of hydrogen-bond donors (Lipinski definition) is 2. The fraction of sp³-hybridized carbons (Fsp3) is 0.526. The van der Waals surface area contributed by atoms with Crippen molar-refractivity contribution in [3.63, 3.8) is 0 Å². The molecule has 11 heteroatoms. The quantitative estimate of drug-likeness (QED) is 0.466. The molecule has 0 radical (unpaired) electrons. The molecule has 1 fully saturated rings. The Hall–Kier alpha value is -2.40. The van der Waals surface area contributed by atoms with Crippen LogP contribution in [0.25, 0.3) is 0 Å². The normalized spacial score (nSPS) is 14.1. The van der Waals surface area contributed by atoms with Gasteiger partial charge < -0.3 is 20.4 Å². The van der Waals surface area contributed by atoms with Gasteiger partial charge in [0, 0.05) is 13.0 Å². The Kier molecular flexibility index (Phi) is 7.14. The number of thiophene rings is 1. The van der Waals surface area contributed by atoms with E-state index < -0.39 is 11.9 Å². The third-order valence-electron chi connectivity index (χ3n) is 5.02. The van der Waals surface area contributed by atoms with Crippen molar-refractivity contribution in [2.75, 3.05) is 17.7 Å². The lowest BCUT2D eigenvalue weighted by molar-refractivity contribution is -0.113. The summed E-state index contributed by atoms with van der Waals surface area (Å²) in [4.78, 5) is 36.7. The van der Waals surface area contributed by atoms with E-state index in [2.05, 4.69) is 15.5 Å². The highest BCUT2D eigenvalue weighted by Crippen LogP contribution is 2.35. The van der Waals surface area contributed by atoms with Gasteiger partial charge in [-0.15, -0.1) is 21.5 Å². The van der Waals surface area contributed by atoms with Crippen molar-refractivity contribution in [1.82, 2.24) is 14.8 Å². The summed E-state index contributed by atoms with van der Waals surface area (Å²) < 4.78 is 7.00. The van der Waals surface area contributed by atoms with Gasteiger partial charge in [-0.2, -0.15) is 0 Å². The number of ether oxygens (including phenoxy) is 1. The molecule has 0 aliphatic heterocycles. The molecule has 0 atom stereocenters. The number of nitrogens with one attached hydrogen (secondary N) is 1. The van der Waals surface area contributed by atoms with E-state index in [0.717, 1.165) is 30.0 Å². The molecule has 9 nitrogen and oxygen atoms in total. The van der Waals surface area contributed by atoms with Gasteiger partial charge in [-0.05, 0) is 32.3 Å². The van der Waals surface area contributed by atoms with Crippen LogP contribution in [-0.4, -0.2) is 44.9 Å². The second-order valence-electron chi connectivity index (χ2n) is 7.06. The third kappa shape index (κ3) is 4.67. The first-order chi connectivity index (χ1) is 14.3. The Labute approximate surface area is 182 Å². The van der Waals surface area contributed by atoms with E-state index in [1.165, 1.54) is 24.6 Å². The SMILES string of the molecule is CCOC(=O)c1c(NC(=O)CSc2nnc(C3CCCC3)n2C)sc(C(N)=O)c1C. The molecule has 0 spiro atoms. The molecule has 2 heterocycles. The van der Waals surface area contributed by atoms with Gasteiger partial charge in [0.15, 0.2) is 5.16 Å². The first kappa shape index (κ1) is 22.3. The Morgan fingerprint density at radius 3 is 2.63 bits per heavy atom. The van der Waals surface area contributed by atoms with Crippen molar-refractivity contribution in [1.29, 1.82) is 0 Å². The lowest BCUT2D eigenvalue weighted by atomic mass is 10.1. The Morgan fingerprint density at radius 1 is 1.30 bits per heavy atom. The van der Waals surface area contributed by atoms with Crippen molar-refractivity contribution < 1.29 is 19.1 Å². The molecule has 1 aliphatic rings. The van der Waals surface area contributed by atoms with Crippen LogP contribution in [0.2, 0.25) is 0 Å². The number of primary amides is 1. The van der Waals surface area contributed by atoms with Crippen LogP contribution < -0.4 is 11.1 Å². The summed E-state index contributed by atoms with van der Waals surface area (Å²) in [6.07, 6.45) is 4.65. The van der Waals surface area contributed by atoms with Crippen molar-refractivity contribution in [2.45, 2.75) is 50.6 Å². The number of hydrogen-bond acceptors (Lipinski definition) is 8. The van der Waals surface area contributed by atoms with Gasteiger partial charge >= 0.3 is 5.97 Å². The highest BCUT2D eigenvalue weighted by Gasteiger charge is 2.26. The van der Waals surface area contributed by atoms with Gasteiger partial charge in [-0.3, -0.25) is 9.59 Å². The maximum atomic E-state index is 12.5. The van der Waals surface area contributed by atoms with Gasteiger partial charge in [0.2, 0.25) is 5.91 Å². The first-order valence-corrected chi connectivity index (χ1v) is 11.6. The molecular weight excluding hydrogens is 426 g/mol. The van der Waals surface area contributed by atoms with E-state index in [4.69, 9.17) is 10.5 Å². The zero-order chi connectivity index (χ0) is 21.8. The van der Waals surface area contributed by atoms with E-state index in [9.17, 15) is 14.4 Å². The molecule has 3 N–H and O–H groups in total. The lowest BCUT2D eigenvalue weighted by Gasteiger charge is -2.09. The molecule has 1 saturated carbocycles. The number of carbonyl (C=O) groups excluding carboxylic acids is 3. The molecule has 2 amide bonds. The average Bonchev–Trinajstić information content (AvgIpc) is 3.40. The van der Waals surface area contributed by atoms with E-state index >= 15 is 0 Å². The Bertz CT molecular complexity index is 963. The highest BCUT2D eigenvalue weighted by molar-refractivity contribution is 7.99. The van der Waals surface area contributed by atoms with Gasteiger partial charge in [-0.1, -0.05) is 24.6 Å². The number of anilines is 1. The third-order valence-corrected chi connectivity index (χ3v) is 7.27. The molecular formula is C19H25N5O4S2. The monoisotopic (exact) mass is 451 g/mol. The predicted molar refractivity (Wildman–Crippen MR) is 115 cm³/mol. The minimum Gasteiger partial charge on any atom is -0.462 e. The summed E-state index contributed by atoms with van der Waals surface area (Å²) in [5, 5.41) is 12.1. The molecule has 0 bridgehead atoms. The fourth-order valence-corrected chi connectivity index (χ4v) is 5.35. The summed E-state index contributed by atoms with van der Waals surface area (Å²) in [5.41, 5.74) is 5.96. The summed E-state index contributed by atoms with van der Waals surface area (Å²) in [5.74, 6) is -0.109. The molecule has 0 unspecified atom stereocenters. The van der Waals surface area contributed by atoms with Crippen molar-refractivity contribution in [3.05, 3.63) is 21.8 Å². The number of esters is 1. The molecule has 162 valence electrons. The number of amides is 2. The van der Waals surface area contributed by atoms with Crippen molar-refractivity contribution >= 4 is 45.9 Å². The van der Waals surface area contributed by atoms with Crippen LogP contribution >= 0.6 is 23.1 Å². The zero-order valence-electron chi connectivity index (χ0n) is 17.2. The van der Waals surface area contributed by atoms with E-state index in [0.29, 0.717) is 16.6 Å². The van der Waals surface area contributed by atoms with Crippen LogP contribution in [0.1, 0.15) is 69.9 Å². The Morgan fingerprint density at radius 2 is 2.00 bits per heavy atom. The summed E-state index contributed by atoms with van der Waals surface area (Å²) in [7, 11) is 1.91. The van der Waals surface area contributed by atoms with E-state index in [1.54, 1.807) is 13.8 Å². The van der Waals surface area contributed by atoms with Crippen molar-refractivity contribution in [2.24, 2.45) is 12.8 Å². The maximum Gasteiger partial charge on any atom is 0.341 e. The number of rotatable bonds is 8. The molecule has 30 heavy (non-hydrogen) atoms. The predicted octanol–water partition coefficient (Wildman–Crippen LogP) is 2.85. The van der Waals surface area contributed by atoms with E-state index in [-0.39, 0.29) is 33.7 Å². The number of nitrogens with two attached hydrogens (primary N) is 1. The van der Waals surface area contributed by atoms with Gasteiger partial charge in [-0.25, -0.2) is 4.79 Å². The minimum absolute atomic E-state index is 0.0851. The number of nitrogens with zero attached hydrogens (tertiary/aromatic N) is 3. The molecule has 2 aromatic rings. The second-order valence-corrected chi connectivity index (χ2v) is 9.03. The van der Waals surface area contributed by atoms with Crippen LogP contribution in [-0.2, 0) is 16.6 Å². The number of carbonyl (C=O) groups is 3. The van der Waals surface area contributed by atoms with Gasteiger partial charge in [0.05, 0.1) is 22.8 Å². The topological polar surface area (TPSA) is 129 Å². The highest BCUT2D eigenvalue weighted by atomic mass is 32.2. The maximum absolute atomic E-state index is 12.5. The largest absolute Gasteiger partial charge is 0.462 e. The molecule has 2 aromatic heterocycles. The van der Waals surface area contributed by atoms with Crippen LogP contribution in [0.4, 0.5) is 5.00 Å². The zero-order valence-corrected chi connectivity index (χ0v) is 18.8. The standard InChI is InChI=1S/C19H25N5O4S2/c1-4-28-18(27)13-10(2)14(15(20)26)30-17(13)21-12(25)9-29-19-23-22-16(24(19)3)11-7-5-6-8-11/h11H,4-9H2,1-3H3,(H2,20,26)(H,21,25). The Balaban J connectivity index is 1.70. The summed E-state index contributed by atoms with van der Waals surface area (Å²) >= 11 is 2.24. The van der Waals surface area contributed by atoms with E-state index in [1.807, 2.05) is 11.6 Å². The molecule has 0 saturated heterocycles. The summed E-state index contributed by atoms with van der Waals surface area (Å²) in [6, 6.07) is 0. The van der Waals surface area contributed by atoms with Crippen LogP contribution in [0, 0.1) is 6.92 Å². The van der Waals surface area contributed by atoms with Crippen LogP contribution in [0.5, 0.6) is 0 Å². The van der Waals surface area contributed by atoms with Crippen molar-refractivity contribution in [3.8, 4) is 0 Å². The number of thioether (sulfide) groups is 1. The molecule has 0 aromatic carbocycles. The minimum atomic E-state index is -0.656. The number of aromatic nitrogens is 3. The molecule has 1 aliphatic carbocycles. The van der Waals surface area contributed by atoms with Crippen LogP contribution in [0.15, 0.2) is 5.16 Å².